The Labute approximate surface area is 127 Å². The second kappa shape index (κ2) is 6.06. The number of nitrogens with one attached hydrogen (secondary N) is 1. The van der Waals surface area contributed by atoms with Gasteiger partial charge in [0, 0.05) is 23.6 Å². The number of benzene rings is 1. The lowest BCUT2D eigenvalue weighted by molar-refractivity contribution is -0.129. The first kappa shape index (κ1) is 15.2. The van der Waals surface area contributed by atoms with E-state index in [4.69, 9.17) is 0 Å². The zero-order chi connectivity index (χ0) is 14.8. The summed E-state index contributed by atoms with van der Waals surface area (Å²) in [6, 6.07) is 7.43. The van der Waals surface area contributed by atoms with Gasteiger partial charge in [-0.2, -0.15) is 0 Å². The Kier molecular flexibility index (Phi) is 4.60. The molecule has 20 heavy (non-hydrogen) atoms. The summed E-state index contributed by atoms with van der Waals surface area (Å²) in [4.78, 5) is 26.2. The van der Waals surface area contributed by atoms with E-state index in [0.29, 0.717) is 18.7 Å². The molecule has 0 spiro atoms. The molecule has 5 heteroatoms. The number of Topliss-reactive ketones (excluding diaryl/α,β-unsaturated/α-hetero) is 1. The van der Waals surface area contributed by atoms with Gasteiger partial charge in [-0.1, -0.05) is 34.1 Å². The highest BCUT2D eigenvalue weighted by Gasteiger charge is 2.40. The molecule has 1 atom stereocenters. The highest BCUT2D eigenvalue weighted by molar-refractivity contribution is 9.10. The molecular formula is C15H19BrN2O2. The number of carbonyl (C=O) groups is 2. The van der Waals surface area contributed by atoms with Crippen molar-refractivity contribution < 1.29 is 9.59 Å². The smallest absolute Gasteiger partial charge is 0.227 e. The van der Waals surface area contributed by atoms with Crippen molar-refractivity contribution in [3.63, 3.8) is 0 Å². The van der Waals surface area contributed by atoms with Gasteiger partial charge in [0.05, 0.1) is 12.0 Å². The molecule has 1 saturated heterocycles. The second-order valence-corrected chi connectivity index (χ2v) is 6.36. The van der Waals surface area contributed by atoms with Gasteiger partial charge < -0.3 is 5.32 Å². The summed E-state index contributed by atoms with van der Waals surface area (Å²) in [6.07, 6.45) is 0.788. The molecule has 1 aromatic rings. The molecule has 1 aromatic carbocycles. The van der Waals surface area contributed by atoms with Crippen molar-refractivity contribution in [2.45, 2.75) is 13.3 Å². The van der Waals surface area contributed by atoms with Crippen molar-refractivity contribution in [2.75, 3.05) is 26.7 Å². The number of hydrogen-bond acceptors (Lipinski definition) is 3. The van der Waals surface area contributed by atoms with Gasteiger partial charge in [-0.25, -0.2) is 0 Å². The number of amides is 1. The van der Waals surface area contributed by atoms with E-state index in [1.807, 2.05) is 31.2 Å². The van der Waals surface area contributed by atoms with Crippen molar-refractivity contribution in [1.29, 1.82) is 0 Å². The van der Waals surface area contributed by atoms with Crippen LogP contribution in [0.2, 0.25) is 0 Å². The largest absolute Gasteiger partial charge is 0.359 e. The lowest BCUT2D eigenvalue weighted by Crippen LogP contribution is -2.40. The molecule has 4 nitrogen and oxygen atoms in total. The Morgan fingerprint density at radius 3 is 2.75 bits per heavy atom. The predicted octanol–water partition coefficient (Wildman–Crippen LogP) is 2.09. The van der Waals surface area contributed by atoms with Crippen LogP contribution in [0.3, 0.4) is 0 Å². The number of likely N-dealkylation sites (tertiary alicyclic amines) is 1. The van der Waals surface area contributed by atoms with Crippen LogP contribution in [-0.2, 0) is 4.79 Å². The van der Waals surface area contributed by atoms with Crippen molar-refractivity contribution in [1.82, 2.24) is 10.2 Å². The Morgan fingerprint density at radius 2 is 2.10 bits per heavy atom. The molecule has 2 rings (SSSR count). The minimum atomic E-state index is -0.386. The average molecular weight is 339 g/mol. The van der Waals surface area contributed by atoms with E-state index in [9.17, 15) is 9.59 Å². The topological polar surface area (TPSA) is 49.4 Å². The van der Waals surface area contributed by atoms with Crippen LogP contribution in [0, 0.1) is 5.41 Å². The van der Waals surface area contributed by atoms with Gasteiger partial charge >= 0.3 is 0 Å². The van der Waals surface area contributed by atoms with E-state index >= 15 is 0 Å². The highest BCUT2D eigenvalue weighted by atomic mass is 79.9. The van der Waals surface area contributed by atoms with E-state index < -0.39 is 0 Å². The van der Waals surface area contributed by atoms with Gasteiger partial charge in [-0.15, -0.1) is 0 Å². The molecule has 108 valence electrons. The van der Waals surface area contributed by atoms with Gasteiger partial charge in [-0.3, -0.25) is 14.5 Å². The number of hydrogen-bond donors (Lipinski definition) is 1. The van der Waals surface area contributed by atoms with Crippen LogP contribution in [0.1, 0.15) is 23.7 Å². The first-order valence-electron chi connectivity index (χ1n) is 6.68. The lowest BCUT2D eigenvalue weighted by atomic mass is 9.89. The van der Waals surface area contributed by atoms with Crippen LogP contribution in [-0.4, -0.2) is 43.3 Å². The third-order valence-corrected chi connectivity index (χ3v) is 4.56. The molecule has 0 aromatic heterocycles. The predicted molar refractivity (Wildman–Crippen MR) is 81.7 cm³/mol. The number of halogens is 1. The van der Waals surface area contributed by atoms with Gasteiger partial charge in [-0.05, 0) is 26.0 Å². The van der Waals surface area contributed by atoms with E-state index in [-0.39, 0.29) is 17.1 Å². The lowest BCUT2D eigenvalue weighted by Gasteiger charge is -2.22. The van der Waals surface area contributed by atoms with Crippen LogP contribution >= 0.6 is 15.9 Å². The third kappa shape index (κ3) is 3.10. The fourth-order valence-corrected chi connectivity index (χ4v) is 3.16. The Bertz CT molecular complexity index is 532. The molecule has 1 heterocycles. The number of carbonyl (C=O) groups excluding carboxylic acids is 2. The summed E-state index contributed by atoms with van der Waals surface area (Å²) < 4.78 is 0.818. The molecule has 0 saturated carbocycles. The molecular weight excluding hydrogens is 320 g/mol. The summed E-state index contributed by atoms with van der Waals surface area (Å²) in [6.45, 7) is 3.72. The quantitative estimate of drug-likeness (QED) is 0.855. The second-order valence-electron chi connectivity index (χ2n) is 5.50. The molecule has 1 amide bonds. The Hall–Kier alpha value is -1.20. The monoisotopic (exact) mass is 338 g/mol. The average Bonchev–Trinajstić information content (AvgIpc) is 2.81. The fraction of sp³-hybridized carbons (Fsp3) is 0.467. The fourth-order valence-electron chi connectivity index (χ4n) is 2.65. The minimum Gasteiger partial charge on any atom is -0.359 e. The summed E-state index contributed by atoms with van der Waals surface area (Å²) in [5.41, 5.74) is 0.309. The zero-order valence-electron chi connectivity index (χ0n) is 11.8. The Morgan fingerprint density at radius 1 is 1.40 bits per heavy atom. The van der Waals surface area contributed by atoms with Crippen LogP contribution in [0.15, 0.2) is 28.7 Å². The molecule has 1 aliphatic heterocycles. The number of rotatable bonds is 4. The van der Waals surface area contributed by atoms with E-state index in [1.54, 1.807) is 7.05 Å². The van der Waals surface area contributed by atoms with Crippen molar-refractivity contribution in [2.24, 2.45) is 5.41 Å². The first-order chi connectivity index (χ1) is 9.46. The highest BCUT2D eigenvalue weighted by Crippen LogP contribution is 2.30. The molecule has 0 aliphatic carbocycles. The van der Waals surface area contributed by atoms with Gasteiger partial charge in [0.15, 0.2) is 5.78 Å². The van der Waals surface area contributed by atoms with Crippen molar-refractivity contribution in [3.05, 3.63) is 34.3 Å². The molecule has 1 aliphatic rings. The standard InChI is InChI=1S/C15H19BrN2O2/c1-15(14(20)17-2)7-8-18(10-15)9-13(19)11-5-3-4-6-12(11)16/h3-6H,7-10H2,1-2H3,(H,17,20). The molecule has 1 N–H and O–H groups in total. The maximum atomic E-state index is 12.3. The normalized spacial score (nSPS) is 22.8. The molecule has 1 fully saturated rings. The van der Waals surface area contributed by atoms with E-state index in [2.05, 4.69) is 26.1 Å². The summed E-state index contributed by atoms with van der Waals surface area (Å²) >= 11 is 3.40. The van der Waals surface area contributed by atoms with Gasteiger partial charge in [0.2, 0.25) is 5.91 Å². The zero-order valence-corrected chi connectivity index (χ0v) is 13.4. The van der Waals surface area contributed by atoms with Crippen molar-refractivity contribution in [3.8, 4) is 0 Å². The molecule has 0 radical (unpaired) electrons. The Balaban J connectivity index is 2.01. The maximum absolute atomic E-state index is 12.3. The van der Waals surface area contributed by atoms with Gasteiger partial charge in [0.1, 0.15) is 0 Å². The minimum absolute atomic E-state index is 0.0494. The van der Waals surface area contributed by atoms with Crippen LogP contribution in [0.5, 0.6) is 0 Å². The van der Waals surface area contributed by atoms with Crippen molar-refractivity contribution >= 4 is 27.6 Å². The summed E-state index contributed by atoms with van der Waals surface area (Å²) in [7, 11) is 1.66. The SMILES string of the molecule is CNC(=O)C1(C)CCN(CC(=O)c2ccccc2Br)C1. The molecule has 1 unspecified atom stereocenters. The number of nitrogens with zero attached hydrogens (tertiary/aromatic N) is 1. The molecule has 0 bridgehead atoms. The van der Waals surface area contributed by atoms with Crippen LogP contribution in [0.4, 0.5) is 0 Å². The van der Waals surface area contributed by atoms with Crippen LogP contribution < -0.4 is 5.32 Å². The summed E-state index contributed by atoms with van der Waals surface area (Å²) in [5.74, 6) is 0.131. The van der Waals surface area contributed by atoms with Gasteiger partial charge in [0.25, 0.3) is 0 Å². The van der Waals surface area contributed by atoms with Crippen LogP contribution in [0.25, 0.3) is 0 Å². The van der Waals surface area contributed by atoms with E-state index in [0.717, 1.165) is 17.4 Å². The van der Waals surface area contributed by atoms with E-state index in [1.165, 1.54) is 0 Å². The number of ketones is 1. The first-order valence-corrected chi connectivity index (χ1v) is 7.48. The third-order valence-electron chi connectivity index (χ3n) is 3.87. The maximum Gasteiger partial charge on any atom is 0.227 e. The summed E-state index contributed by atoms with van der Waals surface area (Å²) in [5, 5.41) is 2.70.